The average Bonchev–Trinajstić information content (AvgIpc) is 2.49. The molecule has 32 heavy (non-hydrogen) atoms. The molecule has 0 atom stereocenters. The maximum absolute atomic E-state index is 14.4. The molecule has 0 saturated heterocycles. The highest BCUT2D eigenvalue weighted by atomic mass is 19.4. The number of nitrogens with zero attached hydrogens (tertiary/aromatic N) is 1. The first-order valence-electron chi connectivity index (χ1n) is 6.64. The zero-order chi connectivity index (χ0) is 26.6. The molecule has 0 N–H and O–H groups in total. The summed E-state index contributed by atoms with van der Waals surface area (Å²) in [6.07, 6.45) is -16.6. The van der Waals surface area contributed by atoms with E-state index in [-0.39, 0.29) is 0 Å². The van der Waals surface area contributed by atoms with E-state index in [1.54, 1.807) is 0 Å². The molecule has 1 rings (SSSR count). The van der Waals surface area contributed by atoms with Gasteiger partial charge in [0.05, 0.1) is 0 Å². The maximum Gasteiger partial charge on any atom is 0.469 e. The Morgan fingerprint density at radius 1 is 0.344 bits per heavy atom. The van der Waals surface area contributed by atoms with Crippen LogP contribution >= 0.6 is 0 Å². The number of alkyl halides is 21. The molecule has 1 fully saturated rings. The summed E-state index contributed by atoms with van der Waals surface area (Å²) >= 11 is 0. The lowest BCUT2D eigenvalue weighted by Crippen LogP contribution is -2.90. The fraction of sp³-hybridized carbons (Fsp3) is 1.00. The molecule has 22 heteroatoms. The van der Waals surface area contributed by atoms with Crippen LogP contribution in [0.25, 0.3) is 0 Å². The summed E-state index contributed by atoms with van der Waals surface area (Å²) in [6, 6.07) is -17.5. The largest absolute Gasteiger partial charge is 0.469 e. The van der Waals surface area contributed by atoms with Crippen molar-refractivity contribution in [2.45, 2.75) is 59.9 Å². The molecule has 0 amide bonds. The highest BCUT2D eigenvalue weighted by Crippen LogP contribution is 2.72. The molecule has 0 radical (unpaired) electrons. The van der Waals surface area contributed by atoms with Gasteiger partial charge in [0.15, 0.2) is 0 Å². The fourth-order valence-electron chi connectivity index (χ4n) is 2.30. The Bertz CT molecular complexity index is 683. The summed E-state index contributed by atoms with van der Waals surface area (Å²) in [5.74, 6) is -52.3. The molecule has 0 bridgehead atoms. The quantitative estimate of drug-likeness (QED) is 0.298. The van der Waals surface area contributed by atoms with Crippen molar-refractivity contribution in [2.24, 2.45) is 0 Å². The van der Waals surface area contributed by atoms with E-state index >= 15 is 0 Å². The molecule has 1 aliphatic rings. The van der Waals surface area contributed by atoms with Gasteiger partial charge in [-0.2, -0.15) is 87.8 Å². The number of halogens is 21. The Balaban J connectivity index is 4.38. The summed E-state index contributed by atoms with van der Waals surface area (Å²) in [5.41, 5.74) is 0. The van der Waals surface area contributed by atoms with Crippen LogP contribution in [0.4, 0.5) is 92.2 Å². The second kappa shape index (κ2) is 6.33. The van der Waals surface area contributed by atoms with Crippen LogP contribution in [-0.2, 0) is 0 Å². The maximum atomic E-state index is 14.4. The van der Waals surface area contributed by atoms with E-state index in [9.17, 15) is 92.2 Å². The highest BCUT2D eigenvalue weighted by Gasteiger charge is 3.05. The molecule has 0 aromatic carbocycles. The lowest BCUT2D eigenvalue weighted by molar-refractivity contribution is -0.555. The van der Waals surface area contributed by atoms with Crippen LogP contribution in [0.3, 0.4) is 0 Å². The third kappa shape index (κ3) is 2.75. The molecule has 0 spiro atoms. The van der Waals surface area contributed by atoms with Crippen molar-refractivity contribution in [1.82, 2.24) is 4.90 Å². The number of hydrogen-bond acceptors (Lipinski definition) is 1. The molecule has 0 aromatic heterocycles. The van der Waals surface area contributed by atoms with Gasteiger partial charge in [0.1, 0.15) is 0 Å². The van der Waals surface area contributed by atoms with Gasteiger partial charge in [-0.15, -0.1) is 4.90 Å². The van der Waals surface area contributed by atoms with Crippen LogP contribution < -0.4 is 0 Å². The van der Waals surface area contributed by atoms with Crippen LogP contribution in [0.15, 0.2) is 0 Å². The van der Waals surface area contributed by atoms with Crippen molar-refractivity contribution in [3.63, 3.8) is 0 Å². The van der Waals surface area contributed by atoms with Crippen LogP contribution in [0, 0.1) is 0 Å². The minimum absolute atomic E-state index is 5.36. The predicted octanol–water partition coefficient (Wildman–Crippen LogP) is 6.45. The van der Waals surface area contributed by atoms with Crippen molar-refractivity contribution in [1.29, 1.82) is 0 Å². The summed E-state index contributed by atoms with van der Waals surface area (Å²) in [4.78, 5) is -5.36. The zero-order valence-corrected chi connectivity index (χ0v) is 13.4. The highest BCUT2D eigenvalue weighted by molar-refractivity contribution is 5.27. The van der Waals surface area contributed by atoms with Crippen molar-refractivity contribution >= 4 is 0 Å². The molecule has 192 valence electrons. The van der Waals surface area contributed by atoms with Gasteiger partial charge in [0.25, 0.3) is 0 Å². The monoisotopic (exact) mass is 533 g/mol. The third-order valence-electron chi connectivity index (χ3n) is 3.96. The summed E-state index contributed by atoms with van der Waals surface area (Å²) in [5, 5.41) is 0. The molecule has 1 nitrogen and oxygen atoms in total. The van der Waals surface area contributed by atoms with Gasteiger partial charge in [-0.25, -0.2) is 4.39 Å². The van der Waals surface area contributed by atoms with Gasteiger partial charge in [-0.05, 0) is 0 Å². The zero-order valence-electron chi connectivity index (χ0n) is 13.4. The summed E-state index contributed by atoms with van der Waals surface area (Å²) in [6.45, 7) is 0. The molecule has 1 aliphatic carbocycles. The van der Waals surface area contributed by atoms with E-state index in [4.69, 9.17) is 0 Å². The van der Waals surface area contributed by atoms with E-state index in [2.05, 4.69) is 0 Å². The third-order valence-corrected chi connectivity index (χ3v) is 3.96. The van der Waals surface area contributed by atoms with Crippen molar-refractivity contribution in [2.75, 3.05) is 0 Å². The van der Waals surface area contributed by atoms with Gasteiger partial charge in [-0.1, -0.05) is 0 Å². The molecule has 0 aromatic rings. The van der Waals surface area contributed by atoms with Crippen LogP contribution in [0.1, 0.15) is 0 Å². The molecular weight excluding hydrogens is 533 g/mol. The number of rotatable bonds is 3. The van der Waals surface area contributed by atoms with E-state index < -0.39 is 64.8 Å². The Hall–Kier alpha value is -1.51. The van der Waals surface area contributed by atoms with Crippen LogP contribution in [-0.4, -0.2) is 64.8 Å². The molecule has 0 heterocycles. The van der Waals surface area contributed by atoms with Crippen molar-refractivity contribution < 1.29 is 92.2 Å². The first-order chi connectivity index (χ1) is 13.4. The van der Waals surface area contributed by atoms with Gasteiger partial charge in [0.2, 0.25) is 0 Å². The van der Waals surface area contributed by atoms with Crippen LogP contribution in [0.2, 0.25) is 0 Å². The van der Waals surface area contributed by atoms with E-state index in [0.717, 1.165) is 0 Å². The van der Waals surface area contributed by atoms with Crippen molar-refractivity contribution in [3.05, 3.63) is 0 Å². The Kier molecular flexibility index (Phi) is 5.64. The predicted molar refractivity (Wildman–Crippen MR) is 52.4 cm³/mol. The Morgan fingerprint density at radius 2 is 0.531 bits per heavy atom. The standard InChI is InChI=1S/C10F21N/c11-1(12)2(13,14)4(17,18)6(21,5(19,20)3(1,15)16)32(9(28,29)7(22,23)24)10(30,31)8(25,26)27. The van der Waals surface area contributed by atoms with Gasteiger partial charge in [0, 0.05) is 0 Å². The average molecular weight is 533 g/mol. The fourth-order valence-corrected chi connectivity index (χ4v) is 2.30. The molecule has 0 unspecified atom stereocenters. The van der Waals surface area contributed by atoms with Crippen molar-refractivity contribution in [3.8, 4) is 0 Å². The van der Waals surface area contributed by atoms with Gasteiger partial charge >= 0.3 is 59.9 Å². The number of hydrogen-bond donors (Lipinski definition) is 0. The first kappa shape index (κ1) is 28.5. The first-order valence-corrected chi connectivity index (χ1v) is 6.64. The second-order valence-corrected chi connectivity index (χ2v) is 5.91. The van der Waals surface area contributed by atoms with E-state index in [1.807, 2.05) is 0 Å². The summed E-state index contributed by atoms with van der Waals surface area (Å²) < 4.78 is 274. The Morgan fingerprint density at radius 3 is 0.719 bits per heavy atom. The lowest BCUT2D eigenvalue weighted by Gasteiger charge is -2.57. The van der Waals surface area contributed by atoms with Gasteiger partial charge < -0.3 is 0 Å². The SMILES string of the molecule is FC(F)(F)C(F)(F)N(C(F)(F)C(F)(F)F)C1(F)C(F)(F)C(F)(F)C(F)(F)C(F)(F)C1(F)F. The van der Waals surface area contributed by atoms with Crippen LogP contribution in [0.5, 0.6) is 0 Å². The Labute approximate surface area is 158 Å². The normalized spacial score (nSPS) is 26.8. The molecule has 1 saturated carbocycles. The summed E-state index contributed by atoms with van der Waals surface area (Å²) in [7, 11) is 0. The second-order valence-electron chi connectivity index (χ2n) is 5.91. The smallest absolute Gasteiger partial charge is 0.212 e. The minimum Gasteiger partial charge on any atom is -0.212 e. The van der Waals surface area contributed by atoms with E-state index in [1.165, 1.54) is 0 Å². The topological polar surface area (TPSA) is 3.24 Å². The lowest BCUT2D eigenvalue weighted by atomic mass is 9.75. The van der Waals surface area contributed by atoms with E-state index in [0.29, 0.717) is 0 Å². The molecule has 0 aliphatic heterocycles. The molecular formula is C10F21N. The van der Waals surface area contributed by atoms with Gasteiger partial charge in [-0.3, -0.25) is 0 Å². The minimum atomic E-state index is -9.16.